The highest BCUT2D eigenvalue weighted by molar-refractivity contribution is 5.86. The zero-order valence-electron chi connectivity index (χ0n) is 10.3. The number of H-pyrrole nitrogens is 1. The second kappa shape index (κ2) is 4.08. The van der Waals surface area contributed by atoms with E-state index in [2.05, 4.69) is 10.3 Å². The molecule has 1 aromatic carbocycles. The van der Waals surface area contributed by atoms with Crippen molar-refractivity contribution < 1.29 is 9.90 Å². The summed E-state index contributed by atoms with van der Waals surface area (Å²) in [6.45, 7) is 1.78. The Labute approximate surface area is 109 Å². The number of nitroso groups, excluding NO2 is 1. The summed E-state index contributed by atoms with van der Waals surface area (Å²) in [4.78, 5) is 25.5. The van der Waals surface area contributed by atoms with Crippen LogP contribution in [-0.2, 0) is 11.2 Å². The van der Waals surface area contributed by atoms with E-state index >= 15 is 0 Å². The molecule has 6 nitrogen and oxygen atoms in total. The van der Waals surface area contributed by atoms with Crippen LogP contribution in [0.25, 0.3) is 10.9 Å². The van der Waals surface area contributed by atoms with Crippen molar-refractivity contribution in [2.75, 3.05) is 0 Å². The molecule has 0 bridgehead atoms. The van der Waals surface area contributed by atoms with Crippen LogP contribution in [0.4, 0.5) is 0 Å². The van der Waals surface area contributed by atoms with E-state index in [0.29, 0.717) is 0 Å². The van der Waals surface area contributed by atoms with Gasteiger partial charge in [0.15, 0.2) is 6.04 Å². The van der Waals surface area contributed by atoms with Gasteiger partial charge >= 0.3 is 5.97 Å². The molecule has 0 spiro atoms. The van der Waals surface area contributed by atoms with E-state index in [1.165, 1.54) is 0 Å². The molecule has 0 unspecified atom stereocenters. The number of carbonyl (C=O) groups is 1. The Bertz CT molecular complexity index is 664. The van der Waals surface area contributed by atoms with E-state index in [0.717, 1.165) is 27.2 Å². The van der Waals surface area contributed by atoms with Crippen LogP contribution >= 0.6 is 0 Å². The summed E-state index contributed by atoms with van der Waals surface area (Å²) >= 11 is 0. The van der Waals surface area contributed by atoms with Gasteiger partial charge in [-0.15, -0.1) is 4.91 Å². The third-order valence-corrected chi connectivity index (χ3v) is 3.76. The molecule has 98 valence electrons. The lowest BCUT2D eigenvalue weighted by Crippen LogP contribution is -2.44. The second-order valence-electron chi connectivity index (χ2n) is 4.76. The zero-order chi connectivity index (χ0) is 13.6. The lowest BCUT2D eigenvalue weighted by atomic mass is 9.94. The first-order valence-corrected chi connectivity index (χ1v) is 6.07. The van der Waals surface area contributed by atoms with E-state index in [1.54, 1.807) is 6.92 Å². The monoisotopic (exact) mass is 259 g/mol. The third kappa shape index (κ3) is 1.60. The molecule has 2 N–H and O–H groups in total. The standard InChI is InChI=1S/C13H13N3O3/c1-7-12-9(6-11(13(17)18)16(7)15-19)8-4-2-3-5-10(8)14-12/h2-5,7,11,14H,6H2,1H3,(H,17,18)/t7-,11-/m1/s1. The fourth-order valence-electron chi connectivity index (χ4n) is 2.81. The molecule has 1 aromatic heterocycles. The van der Waals surface area contributed by atoms with E-state index < -0.39 is 12.0 Å². The molecule has 2 aromatic rings. The minimum absolute atomic E-state index is 0.282. The Morgan fingerprint density at radius 2 is 2.21 bits per heavy atom. The van der Waals surface area contributed by atoms with Gasteiger partial charge < -0.3 is 10.1 Å². The number of aromatic nitrogens is 1. The molecule has 0 saturated carbocycles. The number of benzene rings is 1. The number of fused-ring (bicyclic) bond motifs is 3. The molecule has 3 rings (SSSR count). The number of aliphatic carboxylic acids is 1. The van der Waals surface area contributed by atoms with Crippen molar-refractivity contribution in [3.05, 3.63) is 40.4 Å². The molecule has 1 aliphatic rings. The van der Waals surface area contributed by atoms with E-state index in [-0.39, 0.29) is 12.5 Å². The maximum atomic E-state index is 11.3. The summed E-state index contributed by atoms with van der Waals surface area (Å²) in [7, 11) is 0. The van der Waals surface area contributed by atoms with Crippen molar-refractivity contribution in [1.82, 2.24) is 9.99 Å². The van der Waals surface area contributed by atoms with Gasteiger partial charge in [-0.2, -0.15) is 0 Å². The molecule has 0 radical (unpaired) electrons. The van der Waals surface area contributed by atoms with Gasteiger partial charge in [0.25, 0.3) is 0 Å². The predicted molar refractivity (Wildman–Crippen MR) is 69.5 cm³/mol. The number of carboxylic acids is 1. The maximum Gasteiger partial charge on any atom is 0.328 e. The van der Waals surface area contributed by atoms with Crippen LogP contribution in [0.3, 0.4) is 0 Å². The third-order valence-electron chi connectivity index (χ3n) is 3.76. The van der Waals surface area contributed by atoms with Crippen molar-refractivity contribution in [3.63, 3.8) is 0 Å². The molecular weight excluding hydrogens is 246 g/mol. The van der Waals surface area contributed by atoms with Crippen LogP contribution < -0.4 is 0 Å². The van der Waals surface area contributed by atoms with Crippen LogP contribution in [0.5, 0.6) is 0 Å². The number of aromatic amines is 1. The smallest absolute Gasteiger partial charge is 0.328 e. The molecule has 2 heterocycles. The second-order valence-corrected chi connectivity index (χ2v) is 4.76. The Hall–Kier alpha value is -2.37. The summed E-state index contributed by atoms with van der Waals surface area (Å²) in [5.41, 5.74) is 2.80. The van der Waals surface area contributed by atoms with Crippen LogP contribution in [0.2, 0.25) is 0 Å². The average molecular weight is 259 g/mol. The Kier molecular flexibility index (Phi) is 2.51. The molecule has 1 aliphatic heterocycles. The lowest BCUT2D eigenvalue weighted by Gasteiger charge is -2.33. The van der Waals surface area contributed by atoms with Gasteiger partial charge in [0, 0.05) is 23.0 Å². The Morgan fingerprint density at radius 3 is 2.89 bits per heavy atom. The van der Waals surface area contributed by atoms with Crippen molar-refractivity contribution in [1.29, 1.82) is 0 Å². The van der Waals surface area contributed by atoms with Gasteiger partial charge in [0.2, 0.25) is 0 Å². The molecule has 0 aliphatic carbocycles. The molecule has 19 heavy (non-hydrogen) atoms. The minimum atomic E-state index is -1.03. The van der Waals surface area contributed by atoms with Gasteiger partial charge in [-0.3, -0.25) is 0 Å². The highest BCUT2D eigenvalue weighted by atomic mass is 16.4. The van der Waals surface area contributed by atoms with E-state index in [4.69, 9.17) is 0 Å². The Morgan fingerprint density at radius 1 is 1.47 bits per heavy atom. The van der Waals surface area contributed by atoms with Gasteiger partial charge in [-0.1, -0.05) is 18.2 Å². The SMILES string of the molecule is C[C@@H]1c2[nH]c3ccccc3c2C[C@H](C(=O)O)N1N=O. The summed E-state index contributed by atoms with van der Waals surface area (Å²) in [6.07, 6.45) is 0.282. The number of nitrogens with zero attached hydrogens (tertiary/aromatic N) is 2. The van der Waals surface area contributed by atoms with E-state index in [1.807, 2.05) is 24.3 Å². The highest BCUT2D eigenvalue weighted by Gasteiger charge is 2.38. The molecule has 2 atom stereocenters. The number of para-hydroxylation sites is 1. The predicted octanol–water partition coefficient (Wildman–Crippen LogP) is 2.22. The fourth-order valence-corrected chi connectivity index (χ4v) is 2.81. The van der Waals surface area contributed by atoms with Crippen LogP contribution in [0, 0.1) is 4.91 Å². The number of carboxylic acid groups (broad SMARTS) is 1. The summed E-state index contributed by atoms with van der Waals surface area (Å²) < 4.78 is 0. The highest BCUT2D eigenvalue weighted by Crippen LogP contribution is 2.36. The summed E-state index contributed by atoms with van der Waals surface area (Å²) in [5, 5.41) is 14.3. The van der Waals surface area contributed by atoms with Crippen molar-refractivity contribution in [2.45, 2.75) is 25.4 Å². The maximum absolute atomic E-state index is 11.3. The first-order valence-electron chi connectivity index (χ1n) is 6.07. The summed E-state index contributed by atoms with van der Waals surface area (Å²) in [5.74, 6) is -1.03. The number of hydrogen-bond acceptors (Lipinski definition) is 3. The number of hydrogen-bond donors (Lipinski definition) is 2. The first-order chi connectivity index (χ1) is 9.13. The van der Waals surface area contributed by atoms with Crippen molar-refractivity contribution in [3.8, 4) is 0 Å². The average Bonchev–Trinajstić information content (AvgIpc) is 2.77. The number of rotatable bonds is 2. The zero-order valence-corrected chi connectivity index (χ0v) is 10.3. The molecule has 0 amide bonds. The van der Waals surface area contributed by atoms with E-state index in [9.17, 15) is 14.8 Å². The van der Waals surface area contributed by atoms with Crippen LogP contribution in [-0.4, -0.2) is 27.1 Å². The normalized spacial score (nSPS) is 22.3. The van der Waals surface area contributed by atoms with Crippen LogP contribution in [0.1, 0.15) is 24.2 Å². The summed E-state index contributed by atoms with van der Waals surface area (Å²) in [6, 6.07) is 6.46. The quantitative estimate of drug-likeness (QED) is 0.810. The van der Waals surface area contributed by atoms with Crippen molar-refractivity contribution in [2.24, 2.45) is 5.29 Å². The van der Waals surface area contributed by atoms with Crippen LogP contribution in [0.15, 0.2) is 29.6 Å². The van der Waals surface area contributed by atoms with Gasteiger partial charge in [0.1, 0.15) is 0 Å². The molecule has 6 heteroatoms. The fraction of sp³-hybridized carbons (Fsp3) is 0.308. The largest absolute Gasteiger partial charge is 0.480 e. The van der Waals surface area contributed by atoms with Crippen molar-refractivity contribution >= 4 is 16.9 Å². The molecule has 0 fully saturated rings. The Balaban J connectivity index is 2.20. The van der Waals surface area contributed by atoms with Gasteiger partial charge in [-0.05, 0) is 18.6 Å². The minimum Gasteiger partial charge on any atom is -0.480 e. The topological polar surface area (TPSA) is 85.8 Å². The first kappa shape index (κ1) is 11.7. The van der Waals surface area contributed by atoms with Gasteiger partial charge in [0.05, 0.1) is 11.3 Å². The van der Waals surface area contributed by atoms with Gasteiger partial charge in [-0.25, -0.2) is 9.80 Å². The number of nitrogens with one attached hydrogen (secondary N) is 1. The molecular formula is C13H13N3O3. The molecule has 0 saturated heterocycles. The lowest BCUT2D eigenvalue weighted by molar-refractivity contribution is -0.144.